The van der Waals surface area contributed by atoms with Gasteiger partial charge in [0, 0.05) is 6.04 Å². The lowest BCUT2D eigenvalue weighted by Gasteiger charge is -2.11. The molecule has 0 saturated heterocycles. The SMILES string of the molecule is CNC(C)c1ccc(F)cc1C#N. The van der Waals surface area contributed by atoms with E-state index in [4.69, 9.17) is 5.26 Å². The van der Waals surface area contributed by atoms with Crippen LogP contribution in [0.25, 0.3) is 0 Å². The van der Waals surface area contributed by atoms with E-state index in [9.17, 15) is 4.39 Å². The summed E-state index contributed by atoms with van der Waals surface area (Å²) in [6.07, 6.45) is 0. The van der Waals surface area contributed by atoms with E-state index in [2.05, 4.69) is 5.32 Å². The first-order valence-corrected chi connectivity index (χ1v) is 4.06. The first-order valence-electron chi connectivity index (χ1n) is 4.06. The molecule has 0 aliphatic rings. The second-order valence-electron chi connectivity index (χ2n) is 2.85. The van der Waals surface area contributed by atoms with E-state index in [-0.39, 0.29) is 11.9 Å². The second-order valence-corrected chi connectivity index (χ2v) is 2.85. The number of hydrogen-bond donors (Lipinski definition) is 1. The lowest BCUT2D eigenvalue weighted by molar-refractivity contribution is 0.617. The molecule has 0 aromatic heterocycles. The minimum atomic E-state index is -0.372. The fourth-order valence-corrected chi connectivity index (χ4v) is 1.16. The highest BCUT2D eigenvalue weighted by Crippen LogP contribution is 2.17. The molecule has 0 bridgehead atoms. The van der Waals surface area contributed by atoms with Crippen molar-refractivity contribution in [2.75, 3.05) is 7.05 Å². The monoisotopic (exact) mass is 178 g/mol. The average Bonchev–Trinajstić information content (AvgIpc) is 2.16. The van der Waals surface area contributed by atoms with Gasteiger partial charge >= 0.3 is 0 Å². The van der Waals surface area contributed by atoms with Crippen molar-refractivity contribution in [2.45, 2.75) is 13.0 Å². The van der Waals surface area contributed by atoms with Crippen molar-refractivity contribution >= 4 is 0 Å². The summed E-state index contributed by atoms with van der Waals surface area (Å²) in [6.45, 7) is 1.92. The Balaban J connectivity index is 3.15. The van der Waals surface area contributed by atoms with Crippen LogP contribution < -0.4 is 5.32 Å². The zero-order valence-corrected chi connectivity index (χ0v) is 7.63. The van der Waals surface area contributed by atoms with E-state index in [1.807, 2.05) is 13.0 Å². The molecule has 0 fully saturated rings. The lowest BCUT2D eigenvalue weighted by Crippen LogP contribution is -2.13. The summed E-state index contributed by atoms with van der Waals surface area (Å²) in [7, 11) is 1.80. The van der Waals surface area contributed by atoms with E-state index in [0.29, 0.717) is 5.56 Å². The zero-order valence-electron chi connectivity index (χ0n) is 7.63. The average molecular weight is 178 g/mol. The highest BCUT2D eigenvalue weighted by molar-refractivity contribution is 5.39. The van der Waals surface area contributed by atoms with E-state index >= 15 is 0 Å². The third-order valence-corrected chi connectivity index (χ3v) is 2.04. The summed E-state index contributed by atoms with van der Waals surface area (Å²) in [4.78, 5) is 0. The van der Waals surface area contributed by atoms with Gasteiger partial charge in [-0.3, -0.25) is 0 Å². The molecule has 0 radical (unpaired) electrons. The Morgan fingerprint density at radius 2 is 2.23 bits per heavy atom. The van der Waals surface area contributed by atoms with Gasteiger partial charge in [-0.2, -0.15) is 5.26 Å². The van der Waals surface area contributed by atoms with Gasteiger partial charge in [0.2, 0.25) is 0 Å². The Morgan fingerprint density at radius 1 is 1.54 bits per heavy atom. The maximum absolute atomic E-state index is 12.7. The number of benzene rings is 1. The zero-order chi connectivity index (χ0) is 9.84. The van der Waals surface area contributed by atoms with Gasteiger partial charge in [-0.15, -0.1) is 0 Å². The molecule has 0 amide bonds. The van der Waals surface area contributed by atoms with Crippen LogP contribution in [0.5, 0.6) is 0 Å². The van der Waals surface area contributed by atoms with Crippen LogP contribution in [0.2, 0.25) is 0 Å². The topological polar surface area (TPSA) is 35.8 Å². The van der Waals surface area contributed by atoms with Crippen LogP contribution in [-0.4, -0.2) is 7.05 Å². The van der Waals surface area contributed by atoms with Gasteiger partial charge in [0.05, 0.1) is 11.6 Å². The maximum atomic E-state index is 12.7. The quantitative estimate of drug-likeness (QED) is 0.751. The van der Waals surface area contributed by atoms with E-state index in [1.165, 1.54) is 12.1 Å². The van der Waals surface area contributed by atoms with Crippen LogP contribution in [-0.2, 0) is 0 Å². The smallest absolute Gasteiger partial charge is 0.124 e. The molecular weight excluding hydrogens is 167 g/mol. The minimum absolute atomic E-state index is 0.0650. The van der Waals surface area contributed by atoms with Crippen LogP contribution in [0.15, 0.2) is 18.2 Å². The summed E-state index contributed by atoms with van der Waals surface area (Å²) in [5, 5.41) is 11.7. The first-order chi connectivity index (χ1) is 6.19. The van der Waals surface area contributed by atoms with Gasteiger partial charge in [0.15, 0.2) is 0 Å². The molecule has 3 heteroatoms. The second kappa shape index (κ2) is 4.01. The number of nitriles is 1. The third-order valence-electron chi connectivity index (χ3n) is 2.04. The molecule has 13 heavy (non-hydrogen) atoms. The molecule has 68 valence electrons. The van der Waals surface area contributed by atoms with Crippen molar-refractivity contribution in [3.8, 4) is 6.07 Å². The number of halogens is 1. The number of rotatable bonds is 2. The molecule has 0 saturated carbocycles. The van der Waals surface area contributed by atoms with E-state index < -0.39 is 0 Å². The number of nitrogens with one attached hydrogen (secondary N) is 1. The minimum Gasteiger partial charge on any atom is -0.313 e. The predicted molar refractivity (Wildman–Crippen MR) is 48.6 cm³/mol. The van der Waals surface area contributed by atoms with Gasteiger partial charge in [-0.1, -0.05) is 6.07 Å². The molecule has 0 spiro atoms. The molecule has 1 rings (SSSR count). The fraction of sp³-hybridized carbons (Fsp3) is 0.300. The molecule has 0 aliphatic carbocycles. The van der Waals surface area contributed by atoms with Crippen molar-refractivity contribution in [3.63, 3.8) is 0 Å². The van der Waals surface area contributed by atoms with E-state index in [1.54, 1.807) is 13.1 Å². The van der Waals surface area contributed by atoms with E-state index in [0.717, 1.165) is 5.56 Å². The van der Waals surface area contributed by atoms with Gasteiger partial charge in [-0.25, -0.2) is 4.39 Å². The van der Waals surface area contributed by atoms with Gasteiger partial charge in [0.25, 0.3) is 0 Å². The maximum Gasteiger partial charge on any atom is 0.124 e. The normalized spacial score (nSPS) is 12.2. The Kier molecular flexibility index (Phi) is 2.99. The Labute approximate surface area is 77.0 Å². The number of nitrogens with zero attached hydrogens (tertiary/aromatic N) is 1. The standard InChI is InChI=1S/C10H11FN2/c1-7(13-2)10-4-3-9(11)5-8(10)6-12/h3-5,7,13H,1-2H3. The Hall–Kier alpha value is -1.40. The molecule has 1 aromatic rings. The van der Waals surface area contributed by atoms with Gasteiger partial charge in [0.1, 0.15) is 5.82 Å². The van der Waals surface area contributed by atoms with Crippen LogP contribution in [0, 0.1) is 17.1 Å². The van der Waals surface area contributed by atoms with Crippen LogP contribution in [0.3, 0.4) is 0 Å². The summed E-state index contributed by atoms with van der Waals surface area (Å²) in [5.41, 5.74) is 1.22. The molecule has 2 nitrogen and oxygen atoms in total. The predicted octanol–water partition coefficient (Wildman–Crippen LogP) is 1.98. The summed E-state index contributed by atoms with van der Waals surface area (Å²) in [5.74, 6) is -0.372. The third kappa shape index (κ3) is 2.04. The Morgan fingerprint density at radius 3 is 2.77 bits per heavy atom. The van der Waals surface area contributed by atoms with Crippen LogP contribution >= 0.6 is 0 Å². The highest BCUT2D eigenvalue weighted by atomic mass is 19.1. The molecule has 1 atom stereocenters. The van der Waals surface area contributed by atoms with Crippen molar-refractivity contribution in [3.05, 3.63) is 35.1 Å². The molecule has 0 heterocycles. The lowest BCUT2D eigenvalue weighted by atomic mass is 10.0. The first kappa shape index (κ1) is 9.69. The van der Waals surface area contributed by atoms with Crippen molar-refractivity contribution in [1.82, 2.24) is 5.32 Å². The largest absolute Gasteiger partial charge is 0.313 e. The van der Waals surface area contributed by atoms with Gasteiger partial charge in [-0.05, 0) is 31.7 Å². The van der Waals surface area contributed by atoms with Crippen molar-refractivity contribution < 1.29 is 4.39 Å². The van der Waals surface area contributed by atoms with Crippen LogP contribution in [0.1, 0.15) is 24.1 Å². The molecule has 1 N–H and O–H groups in total. The molecular formula is C10H11FN2. The fourth-order valence-electron chi connectivity index (χ4n) is 1.16. The molecule has 1 aromatic carbocycles. The summed E-state index contributed by atoms with van der Waals surface area (Å²) < 4.78 is 12.7. The Bertz CT molecular complexity index is 341. The summed E-state index contributed by atoms with van der Waals surface area (Å²) >= 11 is 0. The summed E-state index contributed by atoms with van der Waals surface area (Å²) in [6, 6.07) is 6.29. The van der Waals surface area contributed by atoms with Gasteiger partial charge < -0.3 is 5.32 Å². The highest BCUT2D eigenvalue weighted by Gasteiger charge is 2.08. The number of hydrogen-bond acceptors (Lipinski definition) is 2. The van der Waals surface area contributed by atoms with Crippen molar-refractivity contribution in [2.24, 2.45) is 0 Å². The molecule has 1 unspecified atom stereocenters. The van der Waals surface area contributed by atoms with Crippen molar-refractivity contribution in [1.29, 1.82) is 5.26 Å². The van der Waals surface area contributed by atoms with Crippen LogP contribution in [0.4, 0.5) is 4.39 Å². The molecule has 0 aliphatic heterocycles.